The van der Waals surface area contributed by atoms with Gasteiger partial charge in [-0.05, 0) is 61.2 Å². The zero-order chi connectivity index (χ0) is 22.9. The summed E-state index contributed by atoms with van der Waals surface area (Å²) in [4.78, 5) is 23.3. The molecule has 6 nitrogen and oxygen atoms in total. The van der Waals surface area contributed by atoms with Crippen molar-refractivity contribution in [2.45, 2.75) is 26.3 Å². The van der Waals surface area contributed by atoms with Crippen LogP contribution in [0.2, 0.25) is 0 Å². The molecule has 0 unspecified atom stereocenters. The molecule has 0 spiro atoms. The Labute approximate surface area is 198 Å². The van der Waals surface area contributed by atoms with E-state index in [1.54, 1.807) is 18.4 Å². The highest BCUT2D eigenvalue weighted by molar-refractivity contribution is 7.10. The molecular weight excluding hydrogens is 434 g/mol. The Hall–Kier alpha value is -3.32. The number of methoxy groups -OCH3 is 1. The van der Waals surface area contributed by atoms with Gasteiger partial charge in [-0.1, -0.05) is 12.1 Å². The van der Waals surface area contributed by atoms with Gasteiger partial charge in [0.25, 0.3) is 0 Å². The fourth-order valence-corrected chi connectivity index (χ4v) is 5.11. The second kappa shape index (κ2) is 8.90. The van der Waals surface area contributed by atoms with Crippen molar-refractivity contribution in [1.82, 2.24) is 9.80 Å². The van der Waals surface area contributed by atoms with E-state index >= 15 is 0 Å². The number of benzene rings is 2. The number of ether oxygens (including phenoxy) is 2. The number of aliphatic imine (C=N–C) groups is 1. The van der Waals surface area contributed by atoms with Crippen molar-refractivity contribution in [2.24, 2.45) is 4.99 Å². The van der Waals surface area contributed by atoms with E-state index < -0.39 is 0 Å². The Balaban J connectivity index is 1.45. The molecule has 7 heteroatoms. The number of nitrogens with zero attached hydrogens (tertiary/aromatic N) is 3. The first-order chi connectivity index (χ1) is 16.0. The number of hydrogen-bond donors (Lipinski definition) is 0. The van der Waals surface area contributed by atoms with E-state index in [1.807, 2.05) is 65.7 Å². The number of amidine groups is 1. The Morgan fingerprint density at radius 2 is 2.06 bits per heavy atom. The first-order valence-electron chi connectivity index (χ1n) is 11.1. The molecule has 0 aliphatic carbocycles. The normalized spacial score (nSPS) is 17.4. The van der Waals surface area contributed by atoms with Gasteiger partial charge in [0.15, 0.2) is 5.75 Å². The summed E-state index contributed by atoms with van der Waals surface area (Å²) in [5.41, 5.74) is 2.82. The Bertz CT molecular complexity index is 1210. The topological polar surface area (TPSA) is 54.4 Å². The van der Waals surface area contributed by atoms with Gasteiger partial charge in [0, 0.05) is 30.6 Å². The fourth-order valence-electron chi connectivity index (χ4n) is 4.41. The van der Waals surface area contributed by atoms with E-state index in [1.165, 1.54) is 0 Å². The Morgan fingerprint density at radius 3 is 2.82 bits per heavy atom. The quantitative estimate of drug-likeness (QED) is 0.549. The molecule has 2 aliphatic rings. The fraction of sp³-hybridized carbons (Fsp3) is 0.308. The number of amides is 1. The van der Waals surface area contributed by atoms with Crippen LogP contribution in [0.5, 0.6) is 17.2 Å². The minimum absolute atomic E-state index is 0.0737. The molecule has 3 aromatic rings. The average Bonchev–Trinajstić information content (AvgIpc) is 3.26. The molecule has 1 amide bonds. The Kier molecular flexibility index (Phi) is 5.81. The minimum Gasteiger partial charge on any atom is -0.497 e. The molecule has 1 fully saturated rings. The number of rotatable bonds is 3. The molecule has 1 atom stereocenters. The largest absolute Gasteiger partial charge is 0.497 e. The summed E-state index contributed by atoms with van der Waals surface area (Å²) in [6.07, 6.45) is 0.462. The van der Waals surface area contributed by atoms with Gasteiger partial charge >= 0.3 is 0 Å². The molecule has 5 rings (SSSR count). The first kappa shape index (κ1) is 21.5. The summed E-state index contributed by atoms with van der Waals surface area (Å²) >= 11 is 1.63. The van der Waals surface area contributed by atoms with Crippen molar-refractivity contribution in [3.8, 4) is 17.2 Å². The van der Waals surface area contributed by atoms with Gasteiger partial charge in [-0.15, -0.1) is 11.3 Å². The number of aryl methyl sites for hydroxylation is 1. The molecule has 3 heterocycles. The third-order valence-corrected chi connectivity index (χ3v) is 7.02. The van der Waals surface area contributed by atoms with Crippen LogP contribution >= 0.6 is 11.3 Å². The van der Waals surface area contributed by atoms with Crippen molar-refractivity contribution < 1.29 is 14.3 Å². The minimum atomic E-state index is 0.0737. The van der Waals surface area contributed by atoms with Gasteiger partial charge in [0.2, 0.25) is 5.91 Å². The molecule has 0 N–H and O–H groups in total. The summed E-state index contributed by atoms with van der Waals surface area (Å²) in [6.45, 7) is 6.22. The molecule has 0 radical (unpaired) electrons. The summed E-state index contributed by atoms with van der Waals surface area (Å²) < 4.78 is 11.8. The van der Waals surface area contributed by atoms with Gasteiger partial charge < -0.3 is 19.3 Å². The van der Waals surface area contributed by atoms with Crippen LogP contribution in [-0.4, -0.2) is 54.3 Å². The lowest BCUT2D eigenvalue weighted by Gasteiger charge is -2.41. The van der Waals surface area contributed by atoms with Gasteiger partial charge in [0.05, 0.1) is 19.1 Å². The summed E-state index contributed by atoms with van der Waals surface area (Å²) in [7, 11) is 1.66. The zero-order valence-corrected chi connectivity index (χ0v) is 19.9. The maximum absolute atomic E-state index is 12.9. The predicted molar refractivity (Wildman–Crippen MR) is 131 cm³/mol. The van der Waals surface area contributed by atoms with Gasteiger partial charge in [-0.25, -0.2) is 4.99 Å². The Morgan fingerprint density at radius 1 is 1.18 bits per heavy atom. The SMILES string of the molecule is COc1ccc2c(c1)C(N1CCN(C(=O)Cc3cccs3)[C@H](C)C1)=Nc1ccc(C)cc1O2. The van der Waals surface area contributed by atoms with E-state index in [0.717, 1.165) is 44.8 Å². The maximum Gasteiger partial charge on any atom is 0.228 e. The van der Waals surface area contributed by atoms with E-state index in [0.29, 0.717) is 26.1 Å². The number of carbonyl (C=O) groups excluding carboxylic acids is 1. The average molecular weight is 462 g/mol. The molecule has 1 aromatic heterocycles. The third-order valence-electron chi connectivity index (χ3n) is 6.14. The molecule has 2 aliphatic heterocycles. The molecule has 1 saturated heterocycles. The van der Waals surface area contributed by atoms with Crippen molar-refractivity contribution in [3.63, 3.8) is 0 Å². The highest BCUT2D eigenvalue weighted by Crippen LogP contribution is 2.40. The van der Waals surface area contributed by atoms with Crippen LogP contribution in [0.4, 0.5) is 5.69 Å². The highest BCUT2D eigenvalue weighted by Gasteiger charge is 2.31. The van der Waals surface area contributed by atoms with Gasteiger partial charge in [-0.3, -0.25) is 4.79 Å². The zero-order valence-electron chi connectivity index (χ0n) is 19.1. The summed E-state index contributed by atoms with van der Waals surface area (Å²) in [5, 5.41) is 2.02. The second-order valence-electron chi connectivity index (χ2n) is 8.51. The van der Waals surface area contributed by atoms with E-state index in [9.17, 15) is 4.79 Å². The van der Waals surface area contributed by atoms with Crippen LogP contribution in [0.3, 0.4) is 0 Å². The van der Waals surface area contributed by atoms with Crippen molar-refractivity contribution in [1.29, 1.82) is 0 Å². The van der Waals surface area contributed by atoms with E-state index in [-0.39, 0.29) is 11.9 Å². The number of thiophene rings is 1. The molecular formula is C26H27N3O3S. The lowest BCUT2D eigenvalue weighted by atomic mass is 10.1. The standard InChI is InChI=1S/C26H27N3O3S/c1-17-6-8-22-24(13-17)32-23-9-7-19(31-3)14-21(23)26(27-22)28-10-11-29(18(2)16-28)25(30)15-20-5-4-12-33-20/h4-9,12-14,18H,10-11,15-16H2,1-3H3/t18-/m1/s1. The van der Waals surface area contributed by atoms with Crippen LogP contribution in [0.15, 0.2) is 58.9 Å². The van der Waals surface area contributed by atoms with Crippen LogP contribution in [0.25, 0.3) is 0 Å². The van der Waals surface area contributed by atoms with E-state index in [4.69, 9.17) is 14.5 Å². The van der Waals surface area contributed by atoms with Crippen molar-refractivity contribution in [2.75, 3.05) is 26.7 Å². The monoisotopic (exact) mass is 461 g/mol. The number of fused-ring (bicyclic) bond motifs is 2. The smallest absolute Gasteiger partial charge is 0.228 e. The summed E-state index contributed by atoms with van der Waals surface area (Å²) in [5.74, 6) is 3.28. The van der Waals surface area contributed by atoms with Crippen LogP contribution in [0, 0.1) is 6.92 Å². The molecule has 0 saturated carbocycles. The van der Waals surface area contributed by atoms with E-state index in [2.05, 4.69) is 11.8 Å². The molecule has 170 valence electrons. The number of hydrogen-bond acceptors (Lipinski definition) is 6. The predicted octanol–water partition coefficient (Wildman–Crippen LogP) is 5.02. The third kappa shape index (κ3) is 4.33. The molecule has 2 aromatic carbocycles. The molecule has 33 heavy (non-hydrogen) atoms. The maximum atomic E-state index is 12.9. The lowest BCUT2D eigenvalue weighted by molar-refractivity contribution is -0.134. The van der Waals surface area contributed by atoms with Gasteiger partial charge in [0.1, 0.15) is 23.0 Å². The van der Waals surface area contributed by atoms with Crippen molar-refractivity contribution in [3.05, 3.63) is 69.9 Å². The molecule has 0 bridgehead atoms. The highest BCUT2D eigenvalue weighted by atomic mass is 32.1. The van der Waals surface area contributed by atoms with Gasteiger partial charge in [-0.2, -0.15) is 0 Å². The lowest BCUT2D eigenvalue weighted by Crippen LogP contribution is -2.55. The van der Waals surface area contributed by atoms with Crippen LogP contribution in [-0.2, 0) is 11.2 Å². The summed E-state index contributed by atoms with van der Waals surface area (Å²) in [6, 6.07) is 16.0. The van der Waals surface area contributed by atoms with Crippen molar-refractivity contribution >= 4 is 28.8 Å². The second-order valence-corrected chi connectivity index (χ2v) is 9.54. The van der Waals surface area contributed by atoms with Crippen LogP contribution in [0.1, 0.15) is 22.9 Å². The number of piperazine rings is 1. The van der Waals surface area contributed by atoms with Crippen LogP contribution < -0.4 is 9.47 Å². The number of carbonyl (C=O) groups is 1. The first-order valence-corrected chi connectivity index (χ1v) is 12.0.